The molecular formula is C11H14ClN. The molecule has 0 aliphatic heterocycles. The minimum absolute atomic E-state index is 0.264. The van der Waals surface area contributed by atoms with Crippen LogP contribution in [0.1, 0.15) is 19.4 Å². The van der Waals surface area contributed by atoms with Gasteiger partial charge in [0.1, 0.15) is 0 Å². The lowest BCUT2D eigenvalue weighted by Crippen LogP contribution is -2.28. The van der Waals surface area contributed by atoms with Crippen LogP contribution in [0.2, 0.25) is 5.02 Å². The summed E-state index contributed by atoms with van der Waals surface area (Å²) in [5.74, 6) is 0. The second kappa shape index (κ2) is 3.95. The van der Waals surface area contributed by atoms with Gasteiger partial charge < -0.3 is 5.73 Å². The maximum Gasteiger partial charge on any atom is 0.0406 e. The average Bonchev–Trinajstić information content (AvgIpc) is 2.02. The maximum absolute atomic E-state index is 5.80. The fourth-order valence-electron chi connectivity index (χ4n) is 0.885. The molecule has 0 fully saturated rings. The van der Waals surface area contributed by atoms with Crippen molar-refractivity contribution in [3.8, 4) is 0 Å². The second-order valence-corrected chi connectivity index (χ2v) is 4.14. The van der Waals surface area contributed by atoms with Crippen molar-refractivity contribution in [2.75, 3.05) is 0 Å². The Morgan fingerprint density at radius 3 is 2.23 bits per heavy atom. The van der Waals surface area contributed by atoms with Crippen molar-refractivity contribution in [2.45, 2.75) is 19.4 Å². The Morgan fingerprint density at radius 1 is 1.23 bits per heavy atom. The van der Waals surface area contributed by atoms with Gasteiger partial charge >= 0.3 is 0 Å². The average molecular weight is 196 g/mol. The standard InChI is InChI=1S/C11H14ClN/c1-11(2,13)8-7-9-3-5-10(12)6-4-9/h3-8H,13H2,1-2H3. The molecule has 70 valence electrons. The summed E-state index contributed by atoms with van der Waals surface area (Å²) in [4.78, 5) is 0. The Kier molecular flexibility index (Phi) is 3.12. The van der Waals surface area contributed by atoms with Crippen LogP contribution in [0.3, 0.4) is 0 Å². The maximum atomic E-state index is 5.80. The lowest BCUT2D eigenvalue weighted by molar-refractivity contribution is 0.657. The topological polar surface area (TPSA) is 26.0 Å². The SMILES string of the molecule is CC(C)(N)C=Cc1ccc(Cl)cc1. The first kappa shape index (κ1) is 10.3. The van der Waals surface area contributed by atoms with Crippen molar-refractivity contribution < 1.29 is 0 Å². The summed E-state index contributed by atoms with van der Waals surface area (Å²) < 4.78 is 0. The van der Waals surface area contributed by atoms with Gasteiger partial charge in [-0.25, -0.2) is 0 Å². The summed E-state index contributed by atoms with van der Waals surface area (Å²) in [7, 11) is 0. The van der Waals surface area contributed by atoms with Gasteiger partial charge in [-0.05, 0) is 31.5 Å². The van der Waals surface area contributed by atoms with E-state index in [4.69, 9.17) is 17.3 Å². The van der Waals surface area contributed by atoms with Crippen LogP contribution in [-0.2, 0) is 0 Å². The quantitative estimate of drug-likeness (QED) is 0.771. The summed E-state index contributed by atoms with van der Waals surface area (Å²) in [6.07, 6.45) is 3.96. The second-order valence-electron chi connectivity index (χ2n) is 3.71. The number of hydrogen-bond donors (Lipinski definition) is 1. The molecule has 2 heteroatoms. The molecule has 0 amide bonds. The molecule has 0 aromatic heterocycles. The fourth-order valence-corrected chi connectivity index (χ4v) is 1.01. The fraction of sp³-hybridized carbons (Fsp3) is 0.273. The highest BCUT2D eigenvalue weighted by Gasteiger charge is 2.03. The molecule has 0 unspecified atom stereocenters. The number of hydrogen-bond acceptors (Lipinski definition) is 1. The minimum atomic E-state index is -0.264. The van der Waals surface area contributed by atoms with Crippen molar-refractivity contribution in [2.24, 2.45) is 5.73 Å². The number of benzene rings is 1. The van der Waals surface area contributed by atoms with Gasteiger partial charge in [-0.3, -0.25) is 0 Å². The predicted molar refractivity (Wildman–Crippen MR) is 58.8 cm³/mol. The zero-order valence-corrected chi connectivity index (χ0v) is 8.68. The monoisotopic (exact) mass is 195 g/mol. The first-order chi connectivity index (χ1) is 5.97. The van der Waals surface area contributed by atoms with Crippen molar-refractivity contribution in [1.82, 2.24) is 0 Å². The van der Waals surface area contributed by atoms with E-state index in [0.29, 0.717) is 0 Å². The van der Waals surface area contributed by atoms with E-state index in [1.54, 1.807) is 0 Å². The van der Waals surface area contributed by atoms with Crippen LogP contribution in [-0.4, -0.2) is 5.54 Å². The van der Waals surface area contributed by atoms with E-state index in [0.717, 1.165) is 10.6 Å². The minimum Gasteiger partial charge on any atom is -0.322 e. The lowest BCUT2D eigenvalue weighted by atomic mass is 10.1. The molecule has 1 nitrogen and oxygen atoms in total. The van der Waals surface area contributed by atoms with Gasteiger partial charge in [0.25, 0.3) is 0 Å². The van der Waals surface area contributed by atoms with E-state index in [1.807, 2.05) is 50.3 Å². The molecule has 0 heterocycles. The first-order valence-corrected chi connectivity index (χ1v) is 4.59. The molecule has 1 rings (SSSR count). The Labute approximate surface area is 84.2 Å². The van der Waals surface area contributed by atoms with Gasteiger partial charge in [-0.2, -0.15) is 0 Å². The largest absolute Gasteiger partial charge is 0.322 e. The van der Waals surface area contributed by atoms with Crippen LogP contribution in [0, 0.1) is 0 Å². The highest BCUT2D eigenvalue weighted by Crippen LogP contribution is 2.11. The van der Waals surface area contributed by atoms with Crippen LogP contribution < -0.4 is 5.73 Å². The highest BCUT2D eigenvalue weighted by atomic mass is 35.5. The molecule has 0 saturated heterocycles. The Balaban J connectivity index is 2.75. The smallest absolute Gasteiger partial charge is 0.0406 e. The summed E-state index contributed by atoms with van der Waals surface area (Å²) in [5.41, 5.74) is 6.65. The third-order valence-corrected chi connectivity index (χ3v) is 1.83. The Hall–Kier alpha value is -0.790. The van der Waals surface area contributed by atoms with Gasteiger partial charge in [-0.15, -0.1) is 0 Å². The van der Waals surface area contributed by atoms with Crippen molar-refractivity contribution in [3.05, 3.63) is 40.9 Å². The van der Waals surface area contributed by atoms with E-state index in [9.17, 15) is 0 Å². The van der Waals surface area contributed by atoms with E-state index in [-0.39, 0.29) is 5.54 Å². The Morgan fingerprint density at radius 2 is 1.77 bits per heavy atom. The molecule has 0 atom stereocenters. The zero-order chi connectivity index (χ0) is 9.90. The molecule has 2 N–H and O–H groups in total. The van der Waals surface area contributed by atoms with E-state index in [2.05, 4.69) is 0 Å². The molecule has 13 heavy (non-hydrogen) atoms. The highest BCUT2D eigenvalue weighted by molar-refractivity contribution is 6.30. The van der Waals surface area contributed by atoms with Crippen molar-refractivity contribution in [3.63, 3.8) is 0 Å². The summed E-state index contributed by atoms with van der Waals surface area (Å²) in [6, 6.07) is 7.66. The van der Waals surface area contributed by atoms with Crippen LogP contribution in [0.25, 0.3) is 6.08 Å². The molecular weight excluding hydrogens is 182 g/mol. The van der Waals surface area contributed by atoms with Crippen LogP contribution in [0.5, 0.6) is 0 Å². The van der Waals surface area contributed by atoms with Gasteiger partial charge in [0, 0.05) is 10.6 Å². The molecule has 0 aliphatic rings. The lowest BCUT2D eigenvalue weighted by Gasteiger charge is -2.11. The normalized spacial score (nSPS) is 12.3. The number of nitrogens with two attached hydrogens (primary N) is 1. The molecule has 0 aliphatic carbocycles. The van der Waals surface area contributed by atoms with Crippen LogP contribution in [0.15, 0.2) is 30.3 Å². The zero-order valence-electron chi connectivity index (χ0n) is 7.92. The molecule has 0 radical (unpaired) electrons. The summed E-state index contributed by atoms with van der Waals surface area (Å²) in [6.45, 7) is 3.92. The van der Waals surface area contributed by atoms with Gasteiger partial charge in [-0.1, -0.05) is 35.9 Å². The summed E-state index contributed by atoms with van der Waals surface area (Å²) >= 11 is 5.75. The van der Waals surface area contributed by atoms with E-state index < -0.39 is 0 Å². The van der Waals surface area contributed by atoms with Crippen LogP contribution >= 0.6 is 11.6 Å². The first-order valence-electron chi connectivity index (χ1n) is 4.21. The molecule has 0 spiro atoms. The Bertz CT molecular complexity index is 293. The molecule has 1 aromatic carbocycles. The van der Waals surface area contributed by atoms with E-state index >= 15 is 0 Å². The van der Waals surface area contributed by atoms with Gasteiger partial charge in [0.15, 0.2) is 0 Å². The number of halogens is 1. The summed E-state index contributed by atoms with van der Waals surface area (Å²) in [5, 5.41) is 0.754. The van der Waals surface area contributed by atoms with Crippen LogP contribution in [0.4, 0.5) is 0 Å². The molecule has 0 bridgehead atoms. The van der Waals surface area contributed by atoms with Crippen molar-refractivity contribution >= 4 is 17.7 Å². The van der Waals surface area contributed by atoms with Gasteiger partial charge in [0.05, 0.1) is 0 Å². The van der Waals surface area contributed by atoms with Gasteiger partial charge in [0.2, 0.25) is 0 Å². The van der Waals surface area contributed by atoms with E-state index in [1.165, 1.54) is 0 Å². The molecule has 0 saturated carbocycles. The van der Waals surface area contributed by atoms with Crippen molar-refractivity contribution in [1.29, 1.82) is 0 Å². The molecule has 1 aromatic rings. The predicted octanol–water partition coefficient (Wildman–Crippen LogP) is 3.09. The third kappa shape index (κ3) is 4.11. The third-order valence-electron chi connectivity index (χ3n) is 1.58. The number of rotatable bonds is 2.